The molecule has 1 amide bonds. The molecule has 4 nitrogen and oxygen atoms in total. The maximum atomic E-state index is 14.3. The number of benzene rings is 2. The van der Waals surface area contributed by atoms with Crippen LogP contribution in [0.25, 0.3) is 11.1 Å². The van der Waals surface area contributed by atoms with Crippen LogP contribution in [0, 0.1) is 11.6 Å². The Morgan fingerprint density at radius 3 is 2.44 bits per heavy atom. The zero-order chi connectivity index (χ0) is 19.6. The number of hydrogen-bond acceptors (Lipinski definition) is 2. The van der Waals surface area contributed by atoms with Crippen LogP contribution in [0.5, 0.6) is 0 Å². The van der Waals surface area contributed by atoms with Gasteiger partial charge in [0.25, 0.3) is 5.91 Å². The Kier molecular flexibility index (Phi) is 5.35. The summed E-state index contributed by atoms with van der Waals surface area (Å²) in [6, 6.07) is 10.5. The van der Waals surface area contributed by atoms with Crippen LogP contribution in [0.15, 0.2) is 55.0 Å². The third kappa shape index (κ3) is 4.05. The number of hydrogen-bond donors (Lipinski definition) is 0. The van der Waals surface area contributed by atoms with Gasteiger partial charge in [0.1, 0.15) is 17.3 Å². The Morgan fingerprint density at radius 2 is 1.81 bits per heavy atom. The molecule has 0 atom stereocenters. The number of halogens is 2. The second-order valence-electron chi connectivity index (χ2n) is 6.75. The van der Waals surface area contributed by atoms with Crippen molar-refractivity contribution in [1.29, 1.82) is 0 Å². The van der Waals surface area contributed by atoms with Gasteiger partial charge in [0, 0.05) is 37.0 Å². The Hall–Kier alpha value is -3.02. The van der Waals surface area contributed by atoms with Crippen LogP contribution in [0.3, 0.4) is 0 Å². The third-order valence-corrected chi connectivity index (χ3v) is 4.36. The molecule has 1 aromatic heterocycles. The van der Waals surface area contributed by atoms with E-state index in [2.05, 4.69) is 4.98 Å². The Labute approximate surface area is 157 Å². The topological polar surface area (TPSA) is 38.1 Å². The number of imidazole rings is 1. The molecule has 0 saturated carbocycles. The van der Waals surface area contributed by atoms with E-state index in [1.54, 1.807) is 53.3 Å². The number of amides is 1. The van der Waals surface area contributed by atoms with E-state index in [0.29, 0.717) is 11.3 Å². The minimum Gasteiger partial charge on any atom is -0.340 e. The zero-order valence-electron chi connectivity index (χ0n) is 15.5. The molecule has 0 aliphatic rings. The van der Waals surface area contributed by atoms with Crippen LogP contribution in [-0.4, -0.2) is 26.4 Å². The quantitative estimate of drug-likeness (QED) is 0.668. The van der Waals surface area contributed by atoms with Gasteiger partial charge in [-0.05, 0) is 37.6 Å². The number of carbonyl (C=O) groups is 1. The van der Waals surface area contributed by atoms with Gasteiger partial charge in [-0.2, -0.15) is 0 Å². The first-order valence-electron chi connectivity index (χ1n) is 8.69. The van der Waals surface area contributed by atoms with Gasteiger partial charge in [-0.3, -0.25) is 4.79 Å². The lowest BCUT2D eigenvalue weighted by Gasteiger charge is -2.26. The van der Waals surface area contributed by atoms with Crippen LogP contribution in [0.2, 0.25) is 0 Å². The average Bonchev–Trinajstić information content (AvgIpc) is 3.07. The van der Waals surface area contributed by atoms with E-state index in [1.807, 2.05) is 13.8 Å². The van der Waals surface area contributed by atoms with Gasteiger partial charge in [0.05, 0.1) is 6.33 Å². The summed E-state index contributed by atoms with van der Waals surface area (Å²) in [5, 5.41) is 0. The van der Waals surface area contributed by atoms with Crippen molar-refractivity contribution >= 4 is 5.91 Å². The highest BCUT2D eigenvalue weighted by Gasteiger charge is 2.22. The second-order valence-corrected chi connectivity index (χ2v) is 6.75. The summed E-state index contributed by atoms with van der Waals surface area (Å²) in [4.78, 5) is 18.6. The van der Waals surface area contributed by atoms with E-state index in [9.17, 15) is 13.6 Å². The van der Waals surface area contributed by atoms with Gasteiger partial charge < -0.3 is 9.47 Å². The van der Waals surface area contributed by atoms with Gasteiger partial charge in [-0.1, -0.05) is 24.3 Å². The van der Waals surface area contributed by atoms with Crippen molar-refractivity contribution in [3.05, 3.63) is 77.9 Å². The van der Waals surface area contributed by atoms with E-state index < -0.39 is 11.6 Å². The maximum absolute atomic E-state index is 14.3. The zero-order valence-corrected chi connectivity index (χ0v) is 15.5. The summed E-state index contributed by atoms with van der Waals surface area (Å²) >= 11 is 0. The Bertz CT molecular complexity index is 966. The van der Waals surface area contributed by atoms with Gasteiger partial charge in [0.15, 0.2) is 0 Å². The maximum Gasteiger partial charge on any atom is 0.274 e. The summed E-state index contributed by atoms with van der Waals surface area (Å²) in [5.41, 5.74) is 1.44. The molecule has 0 aliphatic heterocycles. The van der Waals surface area contributed by atoms with Crippen molar-refractivity contribution < 1.29 is 13.6 Å². The van der Waals surface area contributed by atoms with Crippen LogP contribution >= 0.6 is 0 Å². The predicted molar refractivity (Wildman–Crippen MR) is 100 cm³/mol. The Balaban J connectivity index is 1.92. The van der Waals surface area contributed by atoms with Crippen LogP contribution in [0.1, 0.15) is 29.9 Å². The largest absolute Gasteiger partial charge is 0.340 e. The fourth-order valence-electron chi connectivity index (χ4n) is 2.91. The van der Waals surface area contributed by atoms with Crippen LogP contribution < -0.4 is 0 Å². The van der Waals surface area contributed by atoms with E-state index >= 15 is 0 Å². The van der Waals surface area contributed by atoms with Gasteiger partial charge in [-0.25, -0.2) is 13.8 Å². The summed E-state index contributed by atoms with van der Waals surface area (Å²) in [5.74, 6) is -1.20. The molecule has 6 heteroatoms. The first-order valence-corrected chi connectivity index (χ1v) is 8.69. The summed E-state index contributed by atoms with van der Waals surface area (Å²) in [6.07, 6.45) is 3.23. The molecule has 0 fully saturated rings. The van der Waals surface area contributed by atoms with Crippen molar-refractivity contribution in [1.82, 2.24) is 14.5 Å². The van der Waals surface area contributed by atoms with Crippen LogP contribution in [0.4, 0.5) is 8.78 Å². The highest BCUT2D eigenvalue weighted by atomic mass is 19.1. The molecular weight excluding hydrogens is 348 g/mol. The number of carbonyl (C=O) groups excluding carboxylic acids is 1. The average molecular weight is 369 g/mol. The van der Waals surface area contributed by atoms with Crippen LogP contribution in [-0.2, 0) is 13.6 Å². The van der Waals surface area contributed by atoms with Gasteiger partial charge in [0.2, 0.25) is 0 Å². The lowest BCUT2D eigenvalue weighted by atomic mass is 10.0. The molecule has 0 aliphatic carbocycles. The smallest absolute Gasteiger partial charge is 0.274 e. The lowest BCUT2D eigenvalue weighted by molar-refractivity contribution is 0.0684. The predicted octanol–water partition coefficient (Wildman–Crippen LogP) is 4.42. The van der Waals surface area contributed by atoms with Crippen molar-refractivity contribution in [3.63, 3.8) is 0 Å². The fraction of sp³-hybridized carbons (Fsp3) is 0.238. The molecular formula is C21H21F2N3O. The molecule has 0 N–H and O–H groups in total. The standard InChI is InChI=1S/C21H21F2N3O/c1-14(2)26(21(27)20-12-25(3)13-24-20)11-15-8-9-19(23)17(10-15)16-6-4-5-7-18(16)22/h4-10,12-14H,11H2,1-3H3. The molecule has 0 saturated heterocycles. The molecule has 2 aromatic carbocycles. The first-order chi connectivity index (χ1) is 12.9. The molecule has 3 rings (SSSR count). The number of aromatic nitrogens is 2. The normalized spacial score (nSPS) is 11.0. The molecule has 1 heterocycles. The number of aryl methyl sites for hydroxylation is 1. The second kappa shape index (κ2) is 7.70. The lowest BCUT2D eigenvalue weighted by Crippen LogP contribution is -2.36. The van der Waals surface area contributed by atoms with Crippen molar-refractivity contribution in [2.75, 3.05) is 0 Å². The fourth-order valence-corrected chi connectivity index (χ4v) is 2.91. The summed E-state index contributed by atoms with van der Waals surface area (Å²) in [7, 11) is 1.80. The highest BCUT2D eigenvalue weighted by Crippen LogP contribution is 2.27. The molecule has 0 bridgehead atoms. The van der Waals surface area contributed by atoms with Crippen molar-refractivity contribution in [2.24, 2.45) is 7.05 Å². The van der Waals surface area contributed by atoms with E-state index in [1.165, 1.54) is 18.2 Å². The Morgan fingerprint density at radius 1 is 1.11 bits per heavy atom. The summed E-state index contributed by atoms with van der Waals surface area (Å²) in [6.45, 7) is 4.08. The van der Waals surface area contributed by atoms with Gasteiger partial charge >= 0.3 is 0 Å². The molecule has 0 spiro atoms. The number of nitrogens with zero attached hydrogens (tertiary/aromatic N) is 3. The first kappa shape index (κ1) is 18.8. The minimum absolute atomic E-state index is 0.0820. The molecule has 27 heavy (non-hydrogen) atoms. The molecule has 0 radical (unpaired) electrons. The van der Waals surface area contributed by atoms with E-state index in [-0.39, 0.29) is 29.6 Å². The van der Waals surface area contributed by atoms with E-state index in [4.69, 9.17) is 0 Å². The minimum atomic E-state index is -0.504. The third-order valence-electron chi connectivity index (χ3n) is 4.36. The highest BCUT2D eigenvalue weighted by molar-refractivity contribution is 5.92. The van der Waals surface area contributed by atoms with Crippen molar-refractivity contribution in [2.45, 2.75) is 26.4 Å². The monoisotopic (exact) mass is 369 g/mol. The number of rotatable bonds is 5. The summed E-state index contributed by atoms with van der Waals surface area (Å²) < 4.78 is 30.1. The van der Waals surface area contributed by atoms with Gasteiger partial charge in [-0.15, -0.1) is 0 Å². The van der Waals surface area contributed by atoms with Crippen molar-refractivity contribution in [3.8, 4) is 11.1 Å². The molecule has 140 valence electrons. The molecule has 3 aromatic rings. The van der Waals surface area contributed by atoms with E-state index in [0.717, 1.165) is 0 Å². The SMILES string of the molecule is CC(C)N(Cc1ccc(F)c(-c2ccccc2F)c1)C(=O)c1cn(C)cn1. The molecule has 0 unspecified atom stereocenters.